The summed E-state index contributed by atoms with van der Waals surface area (Å²) in [5.41, 5.74) is 1.000. The molecule has 0 aromatic rings. The van der Waals surface area contributed by atoms with Crippen molar-refractivity contribution in [1.82, 2.24) is 0 Å². The van der Waals surface area contributed by atoms with Crippen LogP contribution in [0.3, 0.4) is 0 Å². The van der Waals surface area contributed by atoms with Crippen molar-refractivity contribution in [1.29, 1.82) is 0 Å². The average molecular weight is 321 g/mol. The van der Waals surface area contributed by atoms with E-state index in [9.17, 15) is 10.2 Å². The van der Waals surface area contributed by atoms with Crippen molar-refractivity contribution in [2.45, 2.75) is 90.8 Å². The van der Waals surface area contributed by atoms with E-state index in [1.807, 2.05) is 0 Å². The predicted molar refractivity (Wildman–Crippen MR) is 92.7 cm³/mol. The molecular formula is C21H36O2. The molecule has 4 rings (SSSR count). The van der Waals surface area contributed by atoms with E-state index in [0.29, 0.717) is 23.2 Å². The van der Waals surface area contributed by atoms with Gasteiger partial charge in [-0.2, -0.15) is 0 Å². The highest BCUT2D eigenvalue weighted by Gasteiger charge is 2.59. The summed E-state index contributed by atoms with van der Waals surface area (Å²) in [6, 6.07) is 0. The molecule has 0 heterocycles. The maximum Gasteiger partial charge on any atom is 0.151 e. The average Bonchev–Trinajstić information content (AvgIpc) is 2.83. The fraction of sp³-hybridized carbons (Fsp3) is 1.00. The van der Waals surface area contributed by atoms with Gasteiger partial charge in [0.25, 0.3) is 0 Å². The van der Waals surface area contributed by atoms with Crippen LogP contribution in [0.1, 0.15) is 84.5 Å². The summed E-state index contributed by atoms with van der Waals surface area (Å²) in [5.74, 6) is 4.26. The summed E-state index contributed by atoms with van der Waals surface area (Å²) in [7, 11) is 0. The number of aliphatic hydroxyl groups is 2. The van der Waals surface area contributed by atoms with Crippen LogP contribution in [0.5, 0.6) is 0 Å². The van der Waals surface area contributed by atoms with Gasteiger partial charge in [0.1, 0.15) is 0 Å². The van der Waals surface area contributed by atoms with Crippen LogP contribution < -0.4 is 0 Å². The van der Waals surface area contributed by atoms with E-state index in [2.05, 4.69) is 13.8 Å². The molecule has 2 heteroatoms. The third-order valence-electron chi connectivity index (χ3n) is 9.27. The number of fused-ring (bicyclic) bond motifs is 5. The molecule has 4 aliphatic carbocycles. The van der Waals surface area contributed by atoms with Gasteiger partial charge in [0.15, 0.2) is 6.29 Å². The molecule has 0 aromatic heterocycles. The van der Waals surface area contributed by atoms with E-state index < -0.39 is 6.29 Å². The monoisotopic (exact) mass is 320 g/mol. The first-order valence-electron chi connectivity index (χ1n) is 10.3. The maximum absolute atomic E-state index is 9.50. The Morgan fingerprint density at radius 3 is 2.39 bits per heavy atom. The molecule has 0 radical (unpaired) electrons. The van der Waals surface area contributed by atoms with Gasteiger partial charge < -0.3 is 10.2 Å². The van der Waals surface area contributed by atoms with Crippen LogP contribution in [0.2, 0.25) is 0 Å². The summed E-state index contributed by atoms with van der Waals surface area (Å²) in [6.07, 6.45) is 13.6. The van der Waals surface area contributed by atoms with Gasteiger partial charge in [-0.15, -0.1) is 0 Å². The van der Waals surface area contributed by atoms with Gasteiger partial charge >= 0.3 is 0 Å². The van der Waals surface area contributed by atoms with Crippen LogP contribution in [-0.2, 0) is 0 Å². The third-order valence-corrected chi connectivity index (χ3v) is 9.27. The third kappa shape index (κ3) is 2.42. The molecule has 0 amide bonds. The Bertz CT molecular complexity index is 447. The molecular weight excluding hydrogens is 284 g/mol. The number of hydrogen-bond donors (Lipinski definition) is 2. The number of aliphatic hydroxyl groups excluding tert-OH is 1. The molecule has 0 spiro atoms. The van der Waals surface area contributed by atoms with Crippen LogP contribution in [0.25, 0.3) is 0 Å². The molecule has 0 saturated heterocycles. The van der Waals surface area contributed by atoms with Crippen LogP contribution in [0, 0.1) is 40.4 Å². The topological polar surface area (TPSA) is 40.5 Å². The molecule has 2 N–H and O–H groups in total. The minimum Gasteiger partial charge on any atom is -0.368 e. The van der Waals surface area contributed by atoms with Gasteiger partial charge in [-0.25, -0.2) is 0 Å². The van der Waals surface area contributed by atoms with Crippen molar-refractivity contribution < 1.29 is 10.2 Å². The fourth-order valence-corrected chi connectivity index (χ4v) is 8.05. The Kier molecular flexibility index (Phi) is 4.08. The van der Waals surface area contributed by atoms with Crippen molar-refractivity contribution in [2.24, 2.45) is 40.4 Å². The zero-order chi connectivity index (χ0) is 16.2. The minimum atomic E-state index is -1.11. The summed E-state index contributed by atoms with van der Waals surface area (Å²) < 4.78 is 0. The van der Waals surface area contributed by atoms with E-state index in [1.54, 1.807) is 0 Å². The second kappa shape index (κ2) is 5.73. The Hall–Kier alpha value is -0.0800. The van der Waals surface area contributed by atoms with Crippen LogP contribution in [0.4, 0.5) is 0 Å². The lowest BCUT2D eigenvalue weighted by molar-refractivity contribution is -0.121. The lowest BCUT2D eigenvalue weighted by Crippen LogP contribution is -2.52. The normalized spacial score (nSPS) is 52.8. The molecule has 0 unspecified atom stereocenters. The second-order valence-corrected chi connectivity index (χ2v) is 9.94. The Labute approximate surface area is 142 Å². The van der Waals surface area contributed by atoms with Gasteiger partial charge in [0.2, 0.25) is 0 Å². The van der Waals surface area contributed by atoms with Gasteiger partial charge in [0, 0.05) is 6.42 Å². The SMILES string of the molecule is C[C@]12CCCC[C@@H]1CC[C@@H]1[C@@H]2CC[C@]2(C)[C@@H](CC(O)O)CC[C@@H]12. The first kappa shape index (κ1) is 16.4. The van der Waals surface area contributed by atoms with Crippen molar-refractivity contribution in [3.8, 4) is 0 Å². The van der Waals surface area contributed by atoms with Crippen molar-refractivity contribution >= 4 is 0 Å². The zero-order valence-electron chi connectivity index (χ0n) is 15.1. The molecule has 23 heavy (non-hydrogen) atoms. The summed E-state index contributed by atoms with van der Waals surface area (Å²) in [6.45, 7) is 5.13. The van der Waals surface area contributed by atoms with Gasteiger partial charge in [-0.05, 0) is 91.8 Å². The molecule has 0 aromatic carbocycles. The number of rotatable bonds is 2. The summed E-state index contributed by atoms with van der Waals surface area (Å²) in [4.78, 5) is 0. The van der Waals surface area contributed by atoms with E-state index in [1.165, 1.54) is 64.2 Å². The van der Waals surface area contributed by atoms with E-state index in [0.717, 1.165) is 23.7 Å². The van der Waals surface area contributed by atoms with Crippen molar-refractivity contribution in [3.05, 3.63) is 0 Å². The Morgan fingerprint density at radius 2 is 1.61 bits per heavy atom. The number of hydrogen-bond acceptors (Lipinski definition) is 2. The van der Waals surface area contributed by atoms with E-state index in [-0.39, 0.29) is 0 Å². The summed E-state index contributed by atoms with van der Waals surface area (Å²) in [5, 5.41) is 19.0. The highest BCUT2D eigenvalue weighted by molar-refractivity contribution is 5.08. The standard InChI is InChI=1S/C21H36O2/c1-20-11-4-3-5-14(20)6-8-16-17-9-7-15(13-19(22)23)21(17,2)12-10-18(16)20/h14-19,22-23H,3-13H2,1-2H3/t14-,15-,16+,17+,18+,20+,21-/m1/s1. The fourth-order valence-electron chi connectivity index (χ4n) is 8.05. The Balaban J connectivity index is 1.57. The first-order valence-corrected chi connectivity index (χ1v) is 10.3. The predicted octanol–water partition coefficient (Wildman–Crippen LogP) is 4.74. The van der Waals surface area contributed by atoms with E-state index >= 15 is 0 Å². The highest BCUT2D eigenvalue weighted by atomic mass is 16.5. The smallest absolute Gasteiger partial charge is 0.151 e. The first-order chi connectivity index (χ1) is 10.9. The van der Waals surface area contributed by atoms with Crippen LogP contribution in [0.15, 0.2) is 0 Å². The molecule has 7 atom stereocenters. The van der Waals surface area contributed by atoms with Crippen LogP contribution >= 0.6 is 0 Å². The second-order valence-electron chi connectivity index (χ2n) is 9.94. The molecule has 132 valence electrons. The minimum absolute atomic E-state index is 0.378. The lowest BCUT2D eigenvalue weighted by atomic mass is 9.45. The van der Waals surface area contributed by atoms with Gasteiger partial charge in [-0.3, -0.25) is 0 Å². The molecule has 0 aliphatic heterocycles. The van der Waals surface area contributed by atoms with Gasteiger partial charge in [-0.1, -0.05) is 26.7 Å². The highest BCUT2D eigenvalue weighted by Crippen LogP contribution is 2.67. The van der Waals surface area contributed by atoms with Crippen molar-refractivity contribution in [2.75, 3.05) is 0 Å². The largest absolute Gasteiger partial charge is 0.368 e. The molecule has 0 bridgehead atoms. The van der Waals surface area contributed by atoms with E-state index in [4.69, 9.17) is 0 Å². The molecule has 4 fully saturated rings. The van der Waals surface area contributed by atoms with Gasteiger partial charge in [0.05, 0.1) is 0 Å². The molecule has 4 aliphatic rings. The van der Waals surface area contributed by atoms with Crippen molar-refractivity contribution in [3.63, 3.8) is 0 Å². The quantitative estimate of drug-likeness (QED) is 0.722. The summed E-state index contributed by atoms with van der Waals surface area (Å²) >= 11 is 0. The molecule has 4 saturated carbocycles. The Morgan fingerprint density at radius 1 is 0.826 bits per heavy atom. The molecule has 2 nitrogen and oxygen atoms in total. The van der Waals surface area contributed by atoms with Crippen LogP contribution in [-0.4, -0.2) is 16.5 Å². The lowest BCUT2D eigenvalue weighted by Gasteiger charge is -2.60. The maximum atomic E-state index is 9.50. The zero-order valence-corrected chi connectivity index (χ0v) is 15.1.